The molecule has 0 aliphatic rings. The Balaban J connectivity index is 2.12. The Labute approximate surface area is 134 Å². The van der Waals surface area contributed by atoms with E-state index < -0.39 is 0 Å². The third kappa shape index (κ3) is 4.30. The Morgan fingerprint density at radius 1 is 1.19 bits per heavy atom. The van der Waals surface area contributed by atoms with Gasteiger partial charge in [0.05, 0.1) is 4.47 Å². The smallest absolute Gasteiger partial charge is 0.141 e. The molecule has 2 rings (SSSR count). The minimum atomic E-state index is 0.164. The average molecular weight is 350 g/mol. The molecule has 0 spiro atoms. The van der Waals surface area contributed by atoms with Crippen LogP contribution in [0, 0.1) is 0 Å². The van der Waals surface area contributed by atoms with E-state index in [1.165, 1.54) is 5.56 Å². The fourth-order valence-corrected chi connectivity index (χ4v) is 2.49. The Morgan fingerprint density at radius 2 is 1.90 bits per heavy atom. The first-order valence-corrected chi connectivity index (χ1v) is 7.77. The zero-order chi connectivity index (χ0) is 15.2. The van der Waals surface area contributed by atoms with Gasteiger partial charge in [-0.15, -0.1) is 0 Å². The third-order valence-electron chi connectivity index (χ3n) is 3.44. The lowest BCUT2D eigenvalue weighted by Gasteiger charge is -2.13. The molecular weight excluding hydrogens is 330 g/mol. The molecule has 0 fully saturated rings. The average Bonchev–Trinajstić information content (AvgIpc) is 2.50. The second kappa shape index (κ2) is 7.59. The molecular formula is C17H20BrNO2. The van der Waals surface area contributed by atoms with Crippen molar-refractivity contribution in [1.82, 2.24) is 5.32 Å². The number of nitrogens with one attached hydrogen (secondary N) is 1. The summed E-state index contributed by atoms with van der Waals surface area (Å²) in [6.45, 7) is 2.28. The Morgan fingerprint density at radius 3 is 2.48 bits per heavy atom. The number of aliphatic hydroxyl groups is 1. The van der Waals surface area contributed by atoms with Crippen LogP contribution in [0.25, 0.3) is 0 Å². The van der Waals surface area contributed by atoms with Crippen LogP contribution in [0.2, 0.25) is 0 Å². The first-order valence-electron chi connectivity index (χ1n) is 6.98. The summed E-state index contributed by atoms with van der Waals surface area (Å²) in [4.78, 5) is 0. The van der Waals surface area contributed by atoms with Crippen LogP contribution in [-0.2, 0) is 6.42 Å². The van der Waals surface area contributed by atoms with Gasteiger partial charge in [0, 0.05) is 12.6 Å². The molecule has 4 heteroatoms. The number of aliphatic hydroxyl groups excluding tert-OH is 1. The molecule has 2 N–H and O–H groups in total. The van der Waals surface area contributed by atoms with Crippen molar-refractivity contribution < 1.29 is 9.84 Å². The van der Waals surface area contributed by atoms with E-state index in [0.29, 0.717) is 12.5 Å². The molecule has 3 nitrogen and oxygen atoms in total. The van der Waals surface area contributed by atoms with Crippen molar-refractivity contribution in [2.45, 2.75) is 19.4 Å². The Bertz CT molecular complexity index is 584. The van der Waals surface area contributed by atoms with Crippen LogP contribution in [0.4, 0.5) is 0 Å². The monoisotopic (exact) mass is 349 g/mol. The van der Waals surface area contributed by atoms with Crippen molar-refractivity contribution in [3.63, 3.8) is 0 Å². The Hall–Kier alpha value is -1.36. The Kier molecular flexibility index (Phi) is 5.79. The summed E-state index contributed by atoms with van der Waals surface area (Å²) in [7, 11) is 1.94. The summed E-state index contributed by atoms with van der Waals surface area (Å²) in [5.41, 5.74) is 2.30. The van der Waals surface area contributed by atoms with Crippen molar-refractivity contribution in [3.8, 4) is 11.5 Å². The van der Waals surface area contributed by atoms with Gasteiger partial charge in [-0.3, -0.25) is 0 Å². The topological polar surface area (TPSA) is 41.5 Å². The number of ether oxygens (including phenoxy) is 1. The van der Waals surface area contributed by atoms with Gasteiger partial charge in [-0.1, -0.05) is 18.2 Å². The maximum absolute atomic E-state index is 8.91. The lowest BCUT2D eigenvalue weighted by Crippen LogP contribution is -2.12. The van der Waals surface area contributed by atoms with Crippen LogP contribution < -0.4 is 10.1 Å². The normalized spacial score (nSPS) is 12.2. The highest BCUT2D eigenvalue weighted by Gasteiger charge is 2.08. The molecule has 0 amide bonds. The van der Waals surface area contributed by atoms with Crippen molar-refractivity contribution in [3.05, 3.63) is 58.1 Å². The van der Waals surface area contributed by atoms with E-state index in [9.17, 15) is 0 Å². The van der Waals surface area contributed by atoms with Crippen LogP contribution in [0.3, 0.4) is 0 Å². The molecule has 1 unspecified atom stereocenters. The molecule has 0 aliphatic carbocycles. The first kappa shape index (κ1) is 16.0. The standard InChI is InChI=1S/C17H20BrNO2/c1-12(19-2)14-5-8-17(16(18)11-14)21-15-6-3-13(4-7-15)9-10-20/h3-8,11-12,19-20H,9-10H2,1-2H3. The second-order valence-corrected chi connectivity index (χ2v) is 5.77. The summed E-state index contributed by atoms with van der Waals surface area (Å²) in [6, 6.07) is 14.2. The summed E-state index contributed by atoms with van der Waals surface area (Å²) in [6.07, 6.45) is 0.667. The summed E-state index contributed by atoms with van der Waals surface area (Å²) < 4.78 is 6.81. The molecule has 0 saturated carbocycles. The van der Waals surface area contributed by atoms with Crippen LogP contribution in [0.15, 0.2) is 46.9 Å². The van der Waals surface area contributed by atoms with E-state index in [-0.39, 0.29) is 6.61 Å². The molecule has 0 radical (unpaired) electrons. The number of halogens is 1. The van der Waals surface area contributed by atoms with Gasteiger partial charge in [0.2, 0.25) is 0 Å². The van der Waals surface area contributed by atoms with Gasteiger partial charge in [-0.05, 0) is 71.7 Å². The van der Waals surface area contributed by atoms with Crippen LogP contribution in [-0.4, -0.2) is 18.8 Å². The predicted octanol–water partition coefficient (Wildman–Crippen LogP) is 4.06. The molecule has 0 bridgehead atoms. The van der Waals surface area contributed by atoms with Crippen LogP contribution in [0.1, 0.15) is 24.1 Å². The molecule has 0 aromatic heterocycles. The minimum absolute atomic E-state index is 0.164. The summed E-state index contributed by atoms with van der Waals surface area (Å²) in [5.74, 6) is 1.57. The first-order chi connectivity index (χ1) is 10.1. The number of rotatable bonds is 6. The molecule has 21 heavy (non-hydrogen) atoms. The van der Waals surface area contributed by atoms with Crippen LogP contribution >= 0.6 is 15.9 Å². The van der Waals surface area contributed by atoms with E-state index in [0.717, 1.165) is 21.5 Å². The third-order valence-corrected chi connectivity index (χ3v) is 4.06. The van der Waals surface area contributed by atoms with Gasteiger partial charge >= 0.3 is 0 Å². The highest BCUT2D eigenvalue weighted by Crippen LogP contribution is 2.32. The molecule has 2 aromatic rings. The maximum atomic E-state index is 8.91. The SMILES string of the molecule is CNC(C)c1ccc(Oc2ccc(CCO)cc2)c(Br)c1. The molecule has 0 heterocycles. The molecule has 1 atom stereocenters. The quantitative estimate of drug-likeness (QED) is 0.826. The number of hydrogen-bond donors (Lipinski definition) is 2. The zero-order valence-corrected chi connectivity index (χ0v) is 13.9. The van der Waals surface area contributed by atoms with Crippen molar-refractivity contribution in [2.75, 3.05) is 13.7 Å². The van der Waals surface area contributed by atoms with Gasteiger partial charge in [0.25, 0.3) is 0 Å². The van der Waals surface area contributed by atoms with Gasteiger partial charge in [0.15, 0.2) is 0 Å². The van der Waals surface area contributed by atoms with Crippen LogP contribution in [0.5, 0.6) is 11.5 Å². The predicted molar refractivity (Wildman–Crippen MR) is 88.9 cm³/mol. The van der Waals surface area contributed by atoms with Gasteiger partial charge in [-0.2, -0.15) is 0 Å². The van der Waals surface area contributed by atoms with Crippen molar-refractivity contribution >= 4 is 15.9 Å². The van der Waals surface area contributed by atoms with Crippen molar-refractivity contribution in [2.24, 2.45) is 0 Å². The number of hydrogen-bond acceptors (Lipinski definition) is 3. The fourth-order valence-electron chi connectivity index (χ4n) is 2.02. The second-order valence-electron chi connectivity index (χ2n) is 4.92. The van der Waals surface area contributed by atoms with Gasteiger partial charge in [-0.25, -0.2) is 0 Å². The lowest BCUT2D eigenvalue weighted by molar-refractivity contribution is 0.299. The molecule has 0 aliphatic heterocycles. The van der Waals surface area contributed by atoms with Gasteiger partial charge in [0.1, 0.15) is 11.5 Å². The lowest BCUT2D eigenvalue weighted by atomic mass is 10.1. The fraction of sp³-hybridized carbons (Fsp3) is 0.294. The largest absolute Gasteiger partial charge is 0.456 e. The van der Waals surface area contributed by atoms with E-state index in [1.54, 1.807) is 0 Å². The summed E-state index contributed by atoms with van der Waals surface area (Å²) >= 11 is 3.56. The summed E-state index contributed by atoms with van der Waals surface area (Å²) in [5, 5.41) is 12.1. The highest BCUT2D eigenvalue weighted by atomic mass is 79.9. The van der Waals surface area contributed by atoms with E-state index in [4.69, 9.17) is 9.84 Å². The van der Waals surface area contributed by atoms with E-state index >= 15 is 0 Å². The van der Waals surface area contributed by atoms with Crippen molar-refractivity contribution in [1.29, 1.82) is 0 Å². The maximum Gasteiger partial charge on any atom is 0.141 e. The molecule has 2 aromatic carbocycles. The van der Waals surface area contributed by atoms with E-state index in [1.807, 2.05) is 37.4 Å². The highest BCUT2D eigenvalue weighted by molar-refractivity contribution is 9.10. The van der Waals surface area contributed by atoms with Gasteiger partial charge < -0.3 is 15.2 Å². The zero-order valence-electron chi connectivity index (χ0n) is 12.3. The minimum Gasteiger partial charge on any atom is -0.456 e. The molecule has 112 valence electrons. The van der Waals surface area contributed by atoms with E-state index in [2.05, 4.69) is 40.3 Å². The number of benzene rings is 2. The molecule has 0 saturated heterocycles.